The zero-order valence-corrected chi connectivity index (χ0v) is 13.9. The summed E-state index contributed by atoms with van der Waals surface area (Å²) in [6, 6.07) is 14.2. The third-order valence-corrected chi connectivity index (χ3v) is 4.21. The first-order valence-corrected chi connectivity index (χ1v) is 7.95. The fourth-order valence-electron chi connectivity index (χ4n) is 2.70. The van der Waals surface area contributed by atoms with Gasteiger partial charge >= 0.3 is 0 Å². The van der Waals surface area contributed by atoms with Gasteiger partial charge in [-0.15, -0.1) is 0 Å². The van der Waals surface area contributed by atoms with Crippen LogP contribution in [-0.4, -0.2) is 25.5 Å². The van der Waals surface area contributed by atoms with E-state index < -0.39 is 5.92 Å². The van der Waals surface area contributed by atoms with Crippen molar-refractivity contribution < 1.29 is 14.3 Å². The van der Waals surface area contributed by atoms with Crippen molar-refractivity contribution in [3.8, 4) is 5.75 Å². The Hall–Kier alpha value is -2.53. The summed E-state index contributed by atoms with van der Waals surface area (Å²) in [5.74, 6) is 0.0833. The fraction of sp³-hybridized carbons (Fsp3) is 0.222. The number of benzene rings is 2. The van der Waals surface area contributed by atoms with Crippen LogP contribution in [0.4, 0.5) is 11.4 Å². The molecule has 124 valence electrons. The van der Waals surface area contributed by atoms with Crippen molar-refractivity contribution in [3.05, 3.63) is 53.6 Å². The summed E-state index contributed by atoms with van der Waals surface area (Å²) in [7, 11) is 1.59. The molecule has 2 aromatic rings. The van der Waals surface area contributed by atoms with Gasteiger partial charge in [-0.05, 0) is 42.5 Å². The number of carbonyl (C=O) groups excluding carboxylic acids is 2. The molecule has 1 atom stereocenters. The lowest BCUT2D eigenvalue weighted by Gasteiger charge is -2.17. The molecule has 1 fully saturated rings. The third-order valence-electron chi connectivity index (χ3n) is 3.97. The smallest absolute Gasteiger partial charge is 0.229 e. The van der Waals surface area contributed by atoms with Crippen LogP contribution in [0.2, 0.25) is 5.02 Å². The molecule has 0 spiro atoms. The summed E-state index contributed by atoms with van der Waals surface area (Å²) in [6.07, 6.45) is 0.189. The second-order valence-corrected chi connectivity index (χ2v) is 6.04. The van der Waals surface area contributed by atoms with Gasteiger partial charge in [0, 0.05) is 29.4 Å². The van der Waals surface area contributed by atoms with Gasteiger partial charge < -0.3 is 15.0 Å². The van der Waals surface area contributed by atoms with Crippen molar-refractivity contribution in [1.82, 2.24) is 0 Å². The van der Waals surface area contributed by atoms with Crippen molar-refractivity contribution in [2.45, 2.75) is 6.42 Å². The standard InChI is InChI=1S/C18H17ClN2O3/c1-24-16-7-5-14(6-8-16)20-18(23)12-9-17(22)21(11-12)15-4-2-3-13(19)10-15/h2-8,10,12H,9,11H2,1H3,(H,20,23)/t12-/m1/s1. The number of nitrogens with one attached hydrogen (secondary N) is 1. The molecule has 24 heavy (non-hydrogen) atoms. The largest absolute Gasteiger partial charge is 0.497 e. The van der Waals surface area contributed by atoms with Gasteiger partial charge in [-0.1, -0.05) is 17.7 Å². The minimum Gasteiger partial charge on any atom is -0.497 e. The number of methoxy groups -OCH3 is 1. The number of carbonyl (C=O) groups is 2. The molecule has 1 saturated heterocycles. The van der Waals surface area contributed by atoms with E-state index in [1.54, 1.807) is 54.5 Å². The molecular weight excluding hydrogens is 328 g/mol. The molecule has 6 heteroatoms. The van der Waals surface area contributed by atoms with Gasteiger partial charge in [-0.3, -0.25) is 9.59 Å². The molecule has 0 saturated carbocycles. The lowest BCUT2D eigenvalue weighted by atomic mass is 10.1. The fourth-order valence-corrected chi connectivity index (χ4v) is 2.88. The minimum atomic E-state index is -0.390. The highest BCUT2D eigenvalue weighted by Gasteiger charge is 2.35. The molecule has 2 amide bonds. The third kappa shape index (κ3) is 3.51. The Morgan fingerprint density at radius 1 is 1.25 bits per heavy atom. The molecular formula is C18H17ClN2O3. The van der Waals surface area contributed by atoms with Gasteiger partial charge in [0.05, 0.1) is 13.0 Å². The quantitative estimate of drug-likeness (QED) is 0.925. The highest BCUT2D eigenvalue weighted by molar-refractivity contribution is 6.31. The van der Waals surface area contributed by atoms with Crippen molar-refractivity contribution in [1.29, 1.82) is 0 Å². The van der Waals surface area contributed by atoms with Gasteiger partial charge in [0.25, 0.3) is 0 Å². The lowest BCUT2D eigenvalue weighted by molar-refractivity contribution is -0.122. The van der Waals surface area contributed by atoms with E-state index in [1.807, 2.05) is 6.07 Å². The van der Waals surface area contributed by atoms with E-state index in [-0.39, 0.29) is 18.2 Å². The van der Waals surface area contributed by atoms with E-state index in [4.69, 9.17) is 16.3 Å². The van der Waals surface area contributed by atoms with Crippen LogP contribution in [0.25, 0.3) is 0 Å². The number of rotatable bonds is 4. The number of nitrogens with zero attached hydrogens (tertiary/aromatic N) is 1. The Morgan fingerprint density at radius 2 is 2.00 bits per heavy atom. The number of amides is 2. The summed E-state index contributed by atoms with van der Waals surface area (Å²) >= 11 is 5.97. The predicted octanol–water partition coefficient (Wildman–Crippen LogP) is 3.34. The lowest BCUT2D eigenvalue weighted by Crippen LogP contribution is -2.28. The Morgan fingerprint density at radius 3 is 2.67 bits per heavy atom. The topological polar surface area (TPSA) is 58.6 Å². The van der Waals surface area contributed by atoms with Crippen LogP contribution in [0.1, 0.15) is 6.42 Å². The van der Waals surface area contributed by atoms with Crippen molar-refractivity contribution in [2.24, 2.45) is 5.92 Å². The molecule has 0 aromatic heterocycles. The number of anilines is 2. The Kier molecular flexibility index (Phi) is 4.71. The molecule has 5 nitrogen and oxygen atoms in total. The van der Waals surface area contributed by atoms with Crippen molar-refractivity contribution in [3.63, 3.8) is 0 Å². The van der Waals surface area contributed by atoms with Crippen LogP contribution >= 0.6 is 11.6 Å². The maximum atomic E-state index is 12.4. The van der Waals surface area contributed by atoms with Crippen LogP contribution in [-0.2, 0) is 9.59 Å². The summed E-state index contributed by atoms with van der Waals surface area (Å²) < 4.78 is 5.09. The maximum Gasteiger partial charge on any atom is 0.229 e. The Bertz CT molecular complexity index is 761. The average molecular weight is 345 g/mol. The SMILES string of the molecule is COc1ccc(NC(=O)[C@@H]2CC(=O)N(c3cccc(Cl)c3)C2)cc1. The second kappa shape index (κ2) is 6.93. The number of hydrogen-bond acceptors (Lipinski definition) is 3. The molecule has 0 bridgehead atoms. The average Bonchev–Trinajstić information content (AvgIpc) is 2.97. The van der Waals surface area contributed by atoms with Crippen LogP contribution in [0, 0.1) is 5.92 Å². The number of hydrogen-bond donors (Lipinski definition) is 1. The van der Waals surface area contributed by atoms with E-state index in [9.17, 15) is 9.59 Å². The molecule has 1 aliphatic heterocycles. The van der Waals surface area contributed by atoms with Crippen molar-refractivity contribution >= 4 is 34.8 Å². The monoisotopic (exact) mass is 344 g/mol. The van der Waals surface area contributed by atoms with E-state index in [0.29, 0.717) is 22.9 Å². The molecule has 1 heterocycles. The molecule has 0 aliphatic carbocycles. The van der Waals surface area contributed by atoms with Crippen molar-refractivity contribution in [2.75, 3.05) is 23.9 Å². The second-order valence-electron chi connectivity index (χ2n) is 5.60. The number of ether oxygens (including phenoxy) is 1. The summed E-state index contributed by atoms with van der Waals surface area (Å²) in [5.41, 5.74) is 1.39. The molecule has 3 rings (SSSR count). The van der Waals surface area contributed by atoms with E-state index in [1.165, 1.54) is 0 Å². The maximum absolute atomic E-state index is 12.4. The molecule has 1 N–H and O–H groups in total. The van der Waals surface area contributed by atoms with Crippen LogP contribution in [0.5, 0.6) is 5.75 Å². The van der Waals surface area contributed by atoms with E-state index in [2.05, 4.69) is 5.32 Å². The Balaban J connectivity index is 1.67. The molecule has 0 radical (unpaired) electrons. The number of halogens is 1. The van der Waals surface area contributed by atoms with Crippen LogP contribution in [0.3, 0.4) is 0 Å². The Labute approximate surface area is 145 Å². The molecule has 1 aliphatic rings. The normalized spacial score (nSPS) is 17.0. The summed E-state index contributed by atoms with van der Waals surface area (Å²) in [5, 5.41) is 3.40. The van der Waals surface area contributed by atoms with Gasteiger partial charge in [-0.2, -0.15) is 0 Å². The van der Waals surface area contributed by atoms with E-state index >= 15 is 0 Å². The van der Waals surface area contributed by atoms with E-state index in [0.717, 1.165) is 5.75 Å². The van der Waals surface area contributed by atoms with Crippen LogP contribution < -0.4 is 15.0 Å². The van der Waals surface area contributed by atoms with Gasteiger partial charge in [0.2, 0.25) is 11.8 Å². The predicted molar refractivity (Wildman–Crippen MR) is 93.5 cm³/mol. The van der Waals surface area contributed by atoms with Gasteiger partial charge in [0.15, 0.2) is 0 Å². The van der Waals surface area contributed by atoms with Gasteiger partial charge in [0.1, 0.15) is 5.75 Å². The highest BCUT2D eigenvalue weighted by Crippen LogP contribution is 2.28. The first kappa shape index (κ1) is 16.3. The molecule has 2 aromatic carbocycles. The zero-order valence-electron chi connectivity index (χ0n) is 13.2. The first-order valence-electron chi connectivity index (χ1n) is 7.57. The van der Waals surface area contributed by atoms with Gasteiger partial charge in [-0.25, -0.2) is 0 Å². The molecule has 0 unspecified atom stereocenters. The zero-order chi connectivity index (χ0) is 17.1. The summed E-state index contributed by atoms with van der Waals surface area (Å²) in [4.78, 5) is 26.2. The summed E-state index contributed by atoms with van der Waals surface area (Å²) in [6.45, 7) is 0.348. The van der Waals surface area contributed by atoms with Crippen LogP contribution in [0.15, 0.2) is 48.5 Å². The minimum absolute atomic E-state index is 0.0767. The first-order chi connectivity index (χ1) is 11.6. The highest BCUT2D eigenvalue weighted by atomic mass is 35.5.